The van der Waals surface area contributed by atoms with Crippen molar-refractivity contribution in [2.45, 2.75) is 20.4 Å². The number of hydrogen-bond donors (Lipinski definition) is 2. The van der Waals surface area contributed by atoms with Crippen LogP contribution in [0, 0.1) is 13.8 Å². The molecule has 1 aliphatic heterocycles. The number of aromatic amines is 1. The Kier molecular flexibility index (Phi) is 6.03. The van der Waals surface area contributed by atoms with Crippen LogP contribution in [0.1, 0.15) is 16.7 Å². The molecule has 1 fully saturated rings. The largest absolute Gasteiger partial charge is 0.507 e. The van der Waals surface area contributed by atoms with Crippen LogP contribution in [0.15, 0.2) is 35.1 Å². The minimum Gasteiger partial charge on any atom is -0.507 e. The van der Waals surface area contributed by atoms with E-state index in [1.54, 1.807) is 0 Å². The number of fused-ring (bicyclic) bond motifs is 1. The van der Waals surface area contributed by atoms with Crippen LogP contribution in [0.4, 0.5) is 0 Å². The van der Waals surface area contributed by atoms with Crippen LogP contribution in [0.2, 0.25) is 0 Å². The number of aromatic nitrogens is 2. The Morgan fingerprint density at radius 2 is 1.82 bits per heavy atom. The lowest BCUT2D eigenvalue weighted by atomic mass is 10.0. The van der Waals surface area contributed by atoms with Gasteiger partial charge in [0.2, 0.25) is 0 Å². The number of phenols is 1. The van der Waals surface area contributed by atoms with Gasteiger partial charge in [0, 0.05) is 25.2 Å². The number of ether oxygens (including phenoxy) is 1. The smallest absolute Gasteiger partial charge is 0.259 e. The quantitative estimate of drug-likeness (QED) is 0.704. The van der Waals surface area contributed by atoms with Crippen molar-refractivity contribution in [3.63, 3.8) is 0 Å². The summed E-state index contributed by atoms with van der Waals surface area (Å²) in [6, 6.07) is 9.53. The molecule has 0 unspecified atom stereocenters. The lowest BCUT2D eigenvalue weighted by Gasteiger charge is -2.26. The minimum atomic E-state index is -0.151. The fourth-order valence-electron chi connectivity index (χ4n) is 3.53. The highest BCUT2D eigenvalue weighted by molar-refractivity contribution is 5.85. The van der Waals surface area contributed by atoms with E-state index in [0.29, 0.717) is 16.7 Å². The monoisotopic (exact) mass is 401 g/mol. The maximum absolute atomic E-state index is 12.7. The number of halogens is 1. The normalized spacial score (nSPS) is 14.8. The van der Waals surface area contributed by atoms with Gasteiger partial charge in [-0.3, -0.25) is 9.69 Å². The zero-order valence-electron chi connectivity index (χ0n) is 16.0. The molecule has 0 saturated carbocycles. The van der Waals surface area contributed by atoms with Crippen molar-refractivity contribution in [3.05, 3.63) is 57.4 Å². The number of morpholine rings is 1. The van der Waals surface area contributed by atoms with Crippen molar-refractivity contribution >= 4 is 23.3 Å². The first-order chi connectivity index (χ1) is 13.0. The van der Waals surface area contributed by atoms with Gasteiger partial charge in [-0.2, -0.15) is 0 Å². The Labute approximate surface area is 169 Å². The standard InChI is InChI=1S/C21H23N3O3.ClH/c1-13-9-16(10-14(2)19(13)25)20-22-18-4-3-15(11-17(18)21(26)23-20)12-24-5-7-27-8-6-24;/h3-4,9-11,25H,5-8,12H2,1-2H3,(H,22,23,26);1H. The Balaban J connectivity index is 0.00000225. The number of benzene rings is 2. The third-order valence-electron chi connectivity index (χ3n) is 5.04. The molecule has 1 aromatic heterocycles. The molecule has 148 valence electrons. The molecule has 28 heavy (non-hydrogen) atoms. The molecular weight excluding hydrogens is 378 g/mol. The van der Waals surface area contributed by atoms with E-state index in [0.717, 1.165) is 55.1 Å². The summed E-state index contributed by atoms with van der Waals surface area (Å²) in [5.74, 6) is 0.786. The van der Waals surface area contributed by atoms with Gasteiger partial charge in [-0.25, -0.2) is 4.98 Å². The van der Waals surface area contributed by atoms with Gasteiger partial charge < -0.3 is 14.8 Å². The number of nitrogens with one attached hydrogen (secondary N) is 1. The second-order valence-electron chi connectivity index (χ2n) is 7.11. The fraction of sp³-hybridized carbons (Fsp3) is 0.333. The van der Waals surface area contributed by atoms with E-state index in [1.165, 1.54) is 0 Å². The highest BCUT2D eigenvalue weighted by Crippen LogP contribution is 2.27. The van der Waals surface area contributed by atoms with Crippen LogP contribution >= 0.6 is 12.4 Å². The first-order valence-corrected chi connectivity index (χ1v) is 9.15. The molecule has 2 heterocycles. The Bertz CT molecular complexity index is 1040. The average Bonchev–Trinajstić information content (AvgIpc) is 2.67. The number of hydrogen-bond acceptors (Lipinski definition) is 5. The van der Waals surface area contributed by atoms with Crippen LogP contribution in [0.5, 0.6) is 5.75 Å². The minimum absolute atomic E-state index is 0. The van der Waals surface area contributed by atoms with E-state index in [1.807, 2.05) is 44.2 Å². The number of H-pyrrole nitrogens is 1. The van der Waals surface area contributed by atoms with Gasteiger partial charge >= 0.3 is 0 Å². The Morgan fingerprint density at radius 1 is 1.14 bits per heavy atom. The predicted octanol–water partition coefficient (Wildman–Crippen LogP) is 3.17. The van der Waals surface area contributed by atoms with Crippen molar-refractivity contribution in [1.29, 1.82) is 0 Å². The average molecular weight is 402 g/mol. The Morgan fingerprint density at radius 3 is 2.50 bits per heavy atom. The summed E-state index contributed by atoms with van der Waals surface area (Å²) in [6.45, 7) is 7.80. The third-order valence-corrected chi connectivity index (χ3v) is 5.04. The van der Waals surface area contributed by atoms with Gasteiger partial charge in [-0.05, 0) is 54.8 Å². The molecule has 0 amide bonds. The van der Waals surface area contributed by atoms with Crippen molar-refractivity contribution in [1.82, 2.24) is 14.9 Å². The highest BCUT2D eigenvalue weighted by atomic mass is 35.5. The zero-order valence-corrected chi connectivity index (χ0v) is 16.8. The summed E-state index contributed by atoms with van der Waals surface area (Å²) in [5, 5.41) is 10.6. The van der Waals surface area contributed by atoms with Crippen LogP contribution in [0.25, 0.3) is 22.3 Å². The van der Waals surface area contributed by atoms with Gasteiger partial charge in [0.05, 0.1) is 24.1 Å². The molecule has 1 saturated heterocycles. The van der Waals surface area contributed by atoms with Crippen LogP contribution in [0.3, 0.4) is 0 Å². The van der Waals surface area contributed by atoms with Gasteiger partial charge in [0.15, 0.2) is 0 Å². The summed E-state index contributed by atoms with van der Waals surface area (Å²) < 4.78 is 5.38. The maximum atomic E-state index is 12.7. The molecule has 3 aromatic rings. The molecule has 7 heteroatoms. The number of rotatable bonds is 3. The Hall–Kier alpha value is -2.41. The molecule has 2 aromatic carbocycles. The van der Waals surface area contributed by atoms with Crippen LogP contribution < -0.4 is 5.56 Å². The van der Waals surface area contributed by atoms with E-state index in [4.69, 9.17) is 4.74 Å². The van der Waals surface area contributed by atoms with E-state index in [-0.39, 0.29) is 23.7 Å². The number of aryl methyl sites for hydroxylation is 2. The van der Waals surface area contributed by atoms with Crippen molar-refractivity contribution in [2.75, 3.05) is 26.3 Å². The molecule has 0 aliphatic carbocycles. The number of nitrogens with zero attached hydrogens (tertiary/aromatic N) is 2. The second kappa shape index (κ2) is 8.31. The van der Waals surface area contributed by atoms with E-state index >= 15 is 0 Å². The first kappa shape index (κ1) is 20.3. The van der Waals surface area contributed by atoms with Crippen LogP contribution in [-0.2, 0) is 11.3 Å². The predicted molar refractivity (Wildman–Crippen MR) is 112 cm³/mol. The summed E-state index contributed by atoms with van der Waals surface area (Å²) in [7, 11) is 0. The fourth-order valence-corrected chi connectivity index (χ4v) is 3.53. The van der Waals surface area contributed by atoms with Crippen LogP contribution in [-0.4, -0.2) is 46.3 Å². The number of aromatic hydroxyl groups is 1. The summed E-state index contributed by atoms with van der Waals surface area (Å²) in [5.41, 5.74) is 3.92. The highest BCUT2D eigenvalue weighted by Gasteiger charge is 2.13. The van der Waals surface area contributed by atoms with Gasteiger partial charge in [-0.15, -0.1) is 12.4 Å². The molecule has 0 spiro atoms. The SMILES string of the molecule is Cc1cc(-c2nc3ccc(CN4CCOCC4)cc3c(=O)[nH]2)cc(C)c1O.Cl. The van der Waals surface area contributed by atoms with E-state index in [9.17, 15) is 9.90 Å². The molecule has 2 N–H and O–H groups in total. The molecule has 6 nitrogen and oxygen atoms in total. The van der Waals surface area contributed by atoms with Gasteiger partial charge in [-0.1, -0.05) is 6.07 Å². The molecule has 0 bridgehead atoms. The zero-order chi connectivity index (χ0) is 19.0. The molecule has 0 atom stereocenters. The summed E-state index contributed by atoms with van der Waals surface area (Å²) in [6.07, 6.45) is 0. The maximum Gasteiger partial charge on any atom is 0.259 e. The third kappa shape index (κ3) is 4.04. The number of phenolic OH excluding ortho intramolecular Hbond substituents is 1. The first-order valence-electron chi connectivity index (χ1n) is 9.15. The van der Waals surface area contributed by atoms with Gasteiger partial charge in [0.25, 0.3) is 5.56 Å². The van der Waals surface area contributed by atoms with Crippen molar-refractivity contribution in [2.24, 2.45) is 0 Å². The van der Waals surface area contributed by atoms with E-state index in [2.05, 4.69) is 14.9 Å². The van der Waals surface area contributed by atoms with Crippen molar-refractivity contribution < 1.29 is 9.84 Å². The summed E-state index contributed by atoms with van der Waals surface area (Å²) >= 11 is 0. The summed E-state index contributed by atoms with van der Waals surface area (Å²) in [4.78, 5) is 22.5. The van der Waals surface area contributed by atoms with Gasteiger partial charge in [0.1, 0.15) is 11.6 Å². The molecule has 0 radical (unpaired) electrons. The second-order valence-corrected chi connectivity index (χ2v) is 7.11. The molecule has 4 rings (SSSR count). The molecular formula is C21H24ClN3O3. The topological polar surface area (TPSA) is 78.5 Å². The van der Waals surface area contributed by atoms with E-state index < -0.39 is 0 Å². The lowest BCUT2D eigenvalue weighted by Crippen LogP contribution is -2.35. The van der Waals surface area contributed by atoms with Crippen molar-refractivity contribution in [3.8, 4) is 17.1 Å². The molecule has 1 aliphatic rings. The lowest BCUT2D eigenvalue weighted by molar-refractivity contribution is 0.0342.